The number of phosphoric ester groups is 1. The van der Waals surface area contributed by atoms with Crippen LogP contribution < -0.4 is 0 Å². The molecule has 0 saturated heterocycles. The van der Waals surface area contributed by atoms with Crippen molar-refractivity contribution in [1.29, 1.82) is 0 Å². The molecule has 0 aliphatic heterocycles. The summed E-state index contributed by atoms with van der Waals surface area (Å²) in [4.78, 5) is 45.5. The average Bonchev–Trinajstić information content (AvgIpc) is 2.97. The van der Waals surface area contributed by atoms with Gasteiger partial charge in [-0.2, -0.15) is 0 Å². The zero-order valence-electron chi connectivity index (χ0n) is 29.5. The molecule has 0 saturated carbocycles. The molecule has 0 aromatic rings. The number of carboxylic acids is 1. The Kier molecular flexibility index (Phi) is 27.5. The molecule has 0 aromatic heterocycles. The minimum absolute atomic E-state index is 0.00610. The Hall–Kier alpha value is -1.52. The van der Waals surface area contributed by atoms with Crippen molar-refractivity contribution in [1.82, 2.24) is 0 Å². The predicted octanol–water partition coefficient (Wildman–Crippen LogP) is 7.97. The minimum atomic E-state index is -4.39. The summed E-state index contributed by atoms with van der Waals surface area (Å²) in [5.41, 5.74) is 0. The van der Waals surface area contributed by atoms with E-state index in [1.807, 2.05) is 21.1 Å². The number of aliphatic carboxylic acids is 1. The number of hydrogen-bond donors (Lipinski definition) is 2. The van der Waals surface area contributed by atoms with Gasteiger partial charge >= 0.3 is 25.7 Å². The van der Waals surface area contributed by atoms with Gasteiger partial charge in [-0.1, -0.05) is 110 Å². The molecular formula is C34H67NO10P+. The molecule has 0 fully saturated rings. The van der Waals surface area contributed by atoms with Crippen molar-refractivity contribution in [2.45, 2.75) is 154 Å². The first-order valence-electron chi connectivity index (χ1n) is 17.8. The van der Waals surface area contributed by atoms with Crippen LogP contribution in [-0.2, 0) is 37.5 Å². The molecule has 0 radical (unpaired) electrons. The van der Waals surface area contributed by atoms with Crippen LogP contribution in [-0.4, -0.2) is 86.0 Å². The van der Waals surface area contributed by atoms with E-state index in [-0.39, 0.29) is 32.5 Å². The third-order valence-corrected chi connectivity index (χ3v) is 8.66. The summed E-state index contributed by atoms with van der Waals surface area (Å²) >= 11 is 0. The van der Waals surface area contributed by atoms with Gasteiger partial charge < -0.3 is 24.0 Å². The molecule has 0 aliphatic carbocycles. The van der Waals surface area contributed by atoms with E-state index < -0.39 is 38.4 Å². The van der Waals surface area contributed by atoms with E-state index in [0.717, 1.165) is 44.9 Å². The Balaban J connectivity index is 4.42. The molecule has 0 amide bonds. The summed E-state index contributed by atoms with van der Waals surface area (Å²) in [6, 6.07) is 0. The first kappa shape index (κ1) is 44.5. The number of likely N-dealkylation sites (N-methyl/N-ethyl adjacent to an activating group) is 1. The summed E-state index contributed by atoms with van der Waals surface area (Å²) in [6.45, 7) is 2.02. The van der Waals surface area contributed by atoms with E-state index >= 15 is 0 Å². The van der Waals surface area contributed by atoms with Crippen LogP contribution >= 0.6 is 7.82 Å². The second-order valence-corrected chi connectivity index (χ2v) is 14.9. The van der Waals surface area contributed by atoms with E-state index in [1.54, 1.807) is 0 Å². The van der Waals surface area contributed by atoms with Crippen molar-refractivity contribution in [3.8, 4) is 0 Å². The summed E-state index contributed by atoms with van der Waals surface area (Å²) < 4.78 is 33.8. The van der Waals surface area contributed by atoms with Crippen molar-refractivity contribution in [3.63, 3.8) is 0 Å². The fourth-order valence-corrected chi connectivity index (χ4v) is 5.55. The van der Waals surface area contributed by atoms with Crippen molar-refractivity contribution in [2.75, 3.05) is 47.5 Å². The molecule has 0 aromatic carbocycles. The maximum absolute atomic E-state index is 12.5. The van der Waals surface area contributed by atoms with Gasteiger partial charge in [-0.25, -0.2) is 4.57 Å². The first-order chi connectivity index (χ1) is 21.8. The highest BCUT2D eigenvalue weighted by atomic mass is 31.2. The Morgan fingerprint density at radius 1 is 0.630 bits per heavy atom. The second-order valence-electron chi connectivity index (χ2n) is 13.4. The standard InChI is InChI=1S/C34H66NO10P/c1-5-6-7-8-9-10-11-12-13-14-15-19-22-25-33(38)42-29-31(30-44-46(40,41)43-28-27-35(2,3)4)45-34(39)26-23-20-17-16-18-21-24-32(36)37/h31H,5-30H2,1-4H3,(H-,36,37,40,41)/p+1/t31-/m1/s1. The highest BCUT2D eigenvalue weighted by Gasteiger charge is 2.27. The highest BCUT2D eigenvalue weighted by Crippen LogP contribution is 2.43. The van der Waals surface area contributed by atoms with Crippen LogP contribution in [0.5, 0.6) is 0 Å². The van der Waals surface area contributed by atoms with Crippen LogP contribution in [0.3, 0.4) is 0 Å². The smallest absolute Gasteiger partial charge is 0.472 e. The third kappa shape index (κ3) is 32.4. The molecule has 11 nitrogen and oxygen atoms in total. The molecule has 0 spiro atoms. The van der Waals surface area contributed by atoms with E-state index in [1.165, 1.54) is 64.2 Å². The molecule has 0 heterocycles. The summed E-state index contributed by atoms with van der Waals surface area (Å²) in [6.07, 6.45) is 19.9. The fraction of sp³-hybridized carbons (Fsp3) is 0.912. The third-order valence-electron chi connectivity index (χ3n) is 7.67. The SMILES string of the molecule is CCCCCCCCCCCCCCCC(=O)OC[C@H](COP(=O)(O)OCC[N+](C)(C)C)OC(=O)CCCCCCCCC(=O)O. The molecule has 2 N–H and O–H groups in total. The number of hydrogen-bond acceptors (Lipinski definition) is 8. The number of nitrogens with zero attached hydrogens (tertiary/aromatic N) is 1. The lowest BCUT2D eigenvalue weighted by atomic mass is 10.0. The monoisotopic (exact) mass is 680 g/mol. The van der Waals surface area contributed by atoms with Crippen molar-refractivity contribution in [2.24, 2.45) is 0 Å². The van der Waals surface area contributed by atoms with Crippen LogP contribution in [0.15, 0.2) is 0 Å². The zero-order valence-corrected chi connectivity index (χ0v) is 30.4. The normalized spacial score (nSPS) is 13.7. The van der Waals surface area contributed by atoms with Gasteiger partial charge in [0.2, 0.25) is 0 Å². The van der Waals surface area contributed by atoms with E-state index in [2.05, 4.69) is 6.92 Å². The number of rotatable bonds is 33. The van der Waals surface area contributed by atoms with Gasteiger partial charge in [0.15, 0.2) is 6.10 Å². The molecule has 272 valence electrons. The maximum Gasteiger partial charge on any atom is 0.472 e. The zero-order chi connectivity index (χ0) is 34.5. The van der Waals surface area contributed by atoms with Crippen LogP contribution in [0, 0.1) is 0 Å². The Morgan fingerprint density at radius 3 is 1.52 bits per heavy atom. The predicted molar refractivity (Wildman–Crippen MR) is 180 cm³/mol. The number of ether oxygens (including phenoxy) is 2. The molecular weight excluding hydrogens is 613 g/mol. The number of quaternary nitrogens is 1. The largest absolute Gasteiger partial charge is 0.481 e. The van der Waals surface area contributed by atoms with Crippen LogP contribution in [0.4, 0.5) is 0 Å². The number of esters is 2. The van der Waals surface area contributed by atoms with Crippen molar-refractivity contribution < 1.29 is 52.0 Å². The summed E-state index contributed by atoms with van der Waals surface area (Å²) in [7, 11) is 1.38. The van der Waals surface area contributed by atoms with Gasteiger partial charge in [-0.3, -0.25) is 23.4 Å². The van der Waals surface area contributed by atoms with Gasteiger partial charge in [0, 0.05) is 19.3 Å². The van der Waals surface area contributed by atoms with Crippen molar-refractivity contribution >= 4 is 25.7 Å². The lowest BCUT2D eigenvalue weighted by molar-refractivity contribution is -0.870. The van der Waals surface area contributed by atoms with Gasteiger partial charge in [-0.15, -0.1) is 0 Å². The number of unbranched alkanes of at least 4 members (excludes halogenated alkanes) is 17. The Morgan fingerprint density at radius 2 is 1.07 bits per heavy atom. The quantitative estimate of drug-likeness (QED) is 0.0303. The number of carboxylic acid groups (broad SMARTS) is 1. The molecule has 12 heteroatoms. The molecule has 2 atom stereocenters. The summed E-state index contributed by atoms with van der Waals surface area (Å²) in [5, 5.41) is 8.70. The average molecular weight is 681 g/mol. The molecule has 1 unspecified atom stereocenters. The highest BCUT2D eigenvalue weighted by molar-refractivity contribution is 7.47. The summed E-state index contributed by atoms with van der Waals surface area (Å²) in [5.74, 6) is -1.70. The van der Waals surface area contributed by atoms with Crippen LogP contribution in [0.2, 0.25) is 0 Å². The lowest BCUT2D eigenvalue weighted by Gasteiger charge is -2.24. The molecule has 0 bridgehead atoms. The Bertz CT molecular complexity index is 833. The second kappa shape index (κ2) is 28.5. The van der Waals surface area contributed by atoms with E-state index in [9.17, 15) is 23.8 Å². The topological polar surface area (TPSA) is 146 Å². The minimum Gasteiger partial charge on any atom is -0.481 e. The molecule has 0 rings (SSSR count). The number of phosphoric acid groups is 1. The van der Waals surface area contributed by atoms with E-state index in [4.69, 9.17) is 23.6 Å². The number of carbonyl (C=O) groups excluding carboxylic acids is 2. The van der Waals surface area contributed by atoms with Crippen LogP contribution in [0.25, 0.3) is 0 Å². The first-order valence-corrected chi connectivity index (χ1v) is 19.3. The van der Waals surface area contributed by atoms with Gasteiger partial charge in [0.25, 0.3) is 0 Å². The van der Waals surface area contributed by atoms with Gasteiger partial charge in [0.1, 0.15) is 19.8 Å². The van der Waals surface area contributed by atoms with Gasteiger partial charge in [0.05, 0.1) is 27.7 Å². The van der Waals surface area contributed by atoms with E-state index in [0.29, 0.717) is 23.9 Å². The maximum atomic E-state index is 12.5. The lowest BCUT2D eigenvalue weighted by Crippen LogP contribution is -2.37. The number of carbonyl (C=O) groups is 3. The molecule has 46 heavy (non-hydrogen) atoms. The fourth-order valence-electron chi connectivity index (χ4n) is 4.80. The van der Waals surface area contributed by atoms with Crippen molar-refractivity contribution in [3.05, 3.63) is 0 Å². The molecule has 0 aliphatic rings. The Labute approximate surface area is 279 Å². The van der Waals surface area contributed by atoms with Crippen LogP contribution in [0.1, 0.15) is 148 Å². The van der Waals surface area contributed by atoms with Gasteiger partial charge in [-0.05, 0) is 19.3 Å².